The van der Waals surface area contributed by atoms with Crippen LogP contribution in [0.25, 0.3) is 22.8 Å². The van der Waals surface area contributed by atoms with Gasteiger partial charge >= 0.3 is 0 Å². The molecule has 5 nitrogen and oxygen atoms in total. The van der Waals surface area contributed by atoms with E-state index in [4.69, 9.17) is 0 Å². The summed E-state index contributed by atoms with van der Waals surface area (Å²) >= 11 is 0. The van der Waals surface area contributed by atoms with Gasteiger partial charge < -0.3 is 10.2 Å². The number of para-hydroxylation sites is 2. The predicted octanol–water partition coefficient (Wildman–Crippen LogP) is 3.67. The third-order valence-electron chi connectivity index (χ3n) is 3.57. The molecule has 5 heteroatoms. The molecule has 1 heterocycles. The molecule has 0 aliphatic rings. The molecule has 0 atom stereocenters. The molecule has 0 saturated heterocycles. The van der Waals surface area contributed by atoms with Gasteiger partial charge in [0.15, 0.2) is 11.6 Å². The highest BCUT2D eigenvalue weighted by atomic mass is 16.3. The van der Waals surface area contributed by atoms with E-state index in [-0.39, 0.29) is 17.4 Å². The van der Waals surface area contributed by atoms with Crippen molar-refractivity contribution < 1.29 is 10.2 Å². The molecule has 3 rings (SSSR count). The van der Waals surface area contributed by atoms with Crippen LogP contribution in [-0.4, -0.2) is 25.4 Å². The number of hydrogen-bond acceptors (Lipinski definition) is 4. The van der Waals surface area contributed by atoms with Crippen LogP contribution in [0.4, 0.5) is 0 Å². The molecule has 0 bridgehead atoms. The molecule has 1 aromatic heterocycles. The lowest BCUT2D eigenvalue weighted by molar-refractivity contribution is 0.466. The minimum atomic E-state index is 0.130. The van der Waals surface area contributed by atoms with Gasteiger partial charge in [-0.2, -0.15) is 5.10 Å². The molecule has 0 fully saturated rings. The number of nitrogens with zero attached hydrogens (tertiary/aromatic N) is 2. The number of phenols is 2. The molecule has 0 radical (unpaired) electrons. The Kier molecular flexibility index (Phi) is 3.55. The Morgan fingerprint density at radius 1 is 0.955 bits per heavy atom. The fraction of sp³-hybridized carbons (Fsp3) is 0.176. The van der Waals surface area contributed by atoms with Crippen molar-refractivity contribution in [3.05, 3.63) is 48.0 Å². The van der Waals surface area contributed by atoms with Crippen molar-refractivity contribution >= 4 is 0 Å². The summed E-state index contributed by atoms with van der Waals surface area (Å²) in [5.74, 6) is 1.39. The highest BCUT2D eigenvalue weighted by molar-refractivity contribution is 5.70. The zero-order valence-corrected chi connectivity index (χ0v) is 12.4. The summed E-state index contributed by atoms with van der Waals surface area (Å²) in [6.07, 6.45) is 0. The Hall–Kier alpha value is -2.82. The first-order valence-corrected chi connectivity index (χ1v) is 7.11. The van der Waals surface area contributed by atoms with Gasteiger partial charge in [-0.15, -0.1) is 0 Å². The largest absolute Gasteiger partial charge is 0.507 e. The highest BCUT2D eigenvalue weighted by Gasteiger charge is 2.16. The number of phenolic OH excluding ortho intramolecular Hbond substituents is 2. The molecule has 2 aromatic carbocycles. The molecule has 0 aliphatic carbocycles. The van der Waals surface area contributed by atoms with Crippen LogP contribution in [0.1, 0.15) is 25.3 Å². The summed E-state index contributed by atoms with van der Waals surface area (Å²) in [5, 5.41) is 27.2. The van der Waals surface area contributed by atoms with E-state index >= 15 is 0 Å². The van der Waals surface area contributed by atoms with E-state index in [9.17, 15) is 10.2 Å². The van der Waals surface area contributed by atoms with E-state index in [2.05, 4.69) is 15.2 Å². The SMILES string of the molecule is CC(C)c1cccc(-c2n[nH]c(-c3ccccc3O)n2)c1O. The molecular weight excluding hydrogens is 278 g/mol. The molecule has 0 aliphatic heterocycles. The van der Waals surface area contributed by atoms with Gasteiger partial charge in [-0.05, 0) is 29.7 Å². The Bertz CT molecular complexity index is 809. The first kappa shape index (κ1) is 14.1. The number of hydrogen-bond donors (Lipinski definition) is 3. The third kappa shape index (κ3) is 2.41. The monoisotopic (exact) mass is 295 g/mol. The number of nitrogens with one attached hydrogen (secondary N) is 1. The molecule has 3 aromatic rings. The van der Waals surface area contributed by atoms with Crippen molar-refractivity contribution in [2.24, 2.45) is 0 Å². The Labute approximate surface area is 128 Å². The van der Waals surface area contributed by atoms with Crippen LogP contribution in [0.5, 0.6) is 11.5 Å². The molecule has 22 heavy (non-hydrogen) atoms. The van der Waals surface area contributed by atoms with Gasteiger partial charge in [-0.1, -0.05) is 38.1 Å². The normalized spacial score (nSPS) is 11.0. The lowest BCUT2D eigenvalue weighted by Gasteiger charge is -2.10. The van der Waals surface area contributed by atoms with Gasteiger partial charge in [0, 0.05) is 0 Å². The average molecular weight is 295 g/mol. The summed E-state index contributed by atoms with van der Waals surface area (Å²) in [6, 6.07) is 12.4. The summed E-state index contributed by atoms with van der Waals surface area (Å²) in [4.78, 5) is 4.39. The standard InChI is InChI=1S/C17H17N3O2/c1-10(2)11-7-5-8-13(15(11)22)17-18-16(19-20-17)12-6-3-4-9-14(12)21/h3-10,21-22H,1-2H3,(H,18,19,20). The topological polar surface area (TPSA) is 82.0 Å². The fourth-order valence-corrected chi connectivity index (χ4v) is 2.38. The van der Waals surface area contributed by atoms with Crippen LogP contribution in [0, 0.1) is 0 Å². The van der Waals surface area contributed by atoms with Crippen molar-refractivity contribution in [2.45, 2.75) is 19.8 Å². The van der Waals surface area contributed by atoms with Crippen molar-refractivity contribution in [2.75, 3.05) is 0 Å². The van der Waals surface area contributed by atoms with Gasteiger partial charge in [-0.25, -0.2) is 4.98 Å². The number of H-pyrrole nitrogens is 1. The van der Waals surface area contributed by atoms with Gasteiger partial charge in [0.2, 0.25) is 0 Å². The van der Waals surface area contributed by atoms with E-state index < -0.39 is 0 Å². The fourth-order valence-electron chi connectivity index (χ4n) is 2.38. The summed E-state index contributed by atoms with van der Waals surface area (Å²) in [6.45, 7) is 4.04. The quantitative estimate of drug-likeness (QED) is 0.688. The first-order chi connectivity index (χ1) is 10.6. The Morgan fingerprint density at radius 2 is 1.68 bits per heavy atom. The van der Waals surface area contributed by atoms with Crippen molar-refractivity contribution in [3.8, 4) is 34.3 Å². The van der Waals surface area contributed by atoms with E-state index in [0.717, 1.165) is 5.56 Å². The zero-order chi connectivity index (χ0) is 15.7. The first-order valence-electron chi connectivity index (χ1n) is 7.11. The maximum atomic E-state index is 10.4. The number of aromatic hydroxyl groups is 2. The van der Waals surface area contributed by atoms with Crippen LogP contribution >= 0.6 is 0 Å². The molecule has 0 saturated carbocycles. The van der Waals surface area contributed by atoms with Crippen LogP contribution < -0.4 is 0 Å². The van der Waals surface area contributed by atoms with E-state index in [0.29, 0.717) is 22.8 Å². The lowest BCUT2D eigenvalue weighted by atomic mass is 9.99. The summed E-state index contributed by atoms with van der Waals surface area (Å²) in [7, 11) is 0. The minimum Gasteiger partial charge on any atom is -0.507 e. The number of aromatic nitrogens is 3. The molecule has 0 spiro atoms. The van der Waals surface area contributed by atoms with Crippen molar-refractivity contribution in [1.82, 2.24) is 15.2 Å². The molecular formula is C17H17N3O2. The molecule has 0 unspecified atom stereocenters. The Balaban J connectivity index is 2.05. The van der Waals surface area contributed by atoms with Crippen molar-refractivity contribution in [1.29, 1.82) is 0 Å². The van der Waals surface area contributed by atoms with Crippen LogP contribution in [0.15, 0.2) is 42.5 Å². The number of aromatic amines is 1. The molecule has 112 valence electrons. The second-order valence-corrected chi connectivity index (χ2v) is 5.42. The average Bonchev–Trinajstić information content (AvgIpc) is 2.97. The molecule has 3 N–H and O–H groups in total. The highest BCUT2D eigenvalue weighted by Crippen LogP contribution is 2.35. The van der Waals surface area contributed by atoms with Crippen molar-refractivity contribution in [3.63, 3.8) is 0 Å². The minimum absolute atomic E-state index is 0.130. The summed E-state index contributed by atoms with van der Waals surface area (Å²) < 4.78 is 0. The van der Waals surface area contributed by atoms with Gasteiger partial charge in [0.25, 0.3) is 0 Å². The van der Waals surface area contributed by atoms with E-state index in [1.165, 1.54) is 0 Å². The lowest BCUT2D eigenvalue weighted by Crippen LogP contribution is -1.91. The van der Waals surface area contributed by atoms with Crippen LogP contribution in [-0.2, 0) is 0 Å². The third-order valence-corrected chi connectivity index (χ3v) is 3.57. The van der Waals surface area contributed by atoms with Gasteiger partial charge in [0.05, 0.1) is 11.1 Å². The zero-order valence-electron chi connectivity index (χ0n) is 12.4. The molecule has 0 amide bonds. The number of rotatable bonds is 3. The second-order valence-electron chi connectivity index (χ2n) is 5.42. The predicted molar refractivity (Wildman–Crippen MR) is 84.7 cm³/mol. The van der Waals surface area contributed by atoms with Gasteiger partial charge in [-0.3, -0.25) is 5.10 Å². The smallest absolute Gasteiger partial charge is 0.185 e. The second kappa shape index (κ2) is 5.52. The van der Waals surface area contributed by atoms with Crippen LogP contribution in [0.3, 0.4) is 0 Å². The van der Waals surface area contributed by atoms with Gasteiger partial charge in [0.1, 0.15) is 11.5 Å². The van der Waals surface area contributed by atoms with E-state index in [1.54, 1.807) is 24.3 Å². The maximum absolute atomic E-state index is 10.4. The number of benzene rings is 2. The Morgan fingerprint density at radius 3 is 2.41 bits per heavy atom. The summed E-state index contributed by atoms with van der Waals surface area (Å²) in [5.41, 5.74) is 2.00. The van der Waals surface area contributed by atoms with E-state index in [1.807, 2.05) is 32.0 Å². The van der Waals surface area contributed by atoms with Crippen LogP contribution in [0.2, 0.25) is 0 Å². The maximum Gasteiger partial charge on any atom is 0.185 e.